The minimum atomic E-state index is -0.319. The van der Waals surface area contributed by atoms with E-state index in [0.717, 1.165) is 6.42 Å². The summed E-state index contributed by atoms with van der Waals surface area (Å²) in [7, 11) is 2.13. The van der Waals surface area contributed by atoms with E-state index < -0.39 is 0 Å². The van der Waals surface area contributed by atoms with Crippen LogP contribution in [-0.2, 0) is 0 Å². The zero-order valence-electron chi connectivity index (χ0n) is 14.5. The molecule has 0 fully saturated rings. The van der Waals surface area contributed by atoms with Crippen LogP contribution in [0, 0.1) is 11.3 Å². The van der Waals surface area contributed by atoms with Crippen molar-refractivity contribution in [2.45, 2.75) is 79.5 Å². The third kappa shape index (κ3) is 5.66. The van der Waals surface area contributed by atoms with Crippen molar-refractivity contribution in [1.82, 2.24) is 4.90 Å². The standard InChI is InChI=1S/C17H35NO/c1-10-11-12-13(2)14(19)15(16(3,4)5)18(9)17(6,7)8/h10-11,13-15,19H,12H2,1-9H3/b11-10+/t13-,14-,15?/m1/s1. The molecule has 0 saturated heterocycles. The van der Waals surface area contributed by atoms with Crippen molar-refractivity contribution in [1.29, 1.82) is 0 Å². The van der Waals surface area contributed by atoms with Crippen molar-refractivity contribution in [3.05, 3.63) is 12.2 Å². The summed E-state index contributed by atoms with van der Waals surface area (Å²) in [5.74, 6) is 0.269. The molecule has 2 heteroatoms. The summed E-state index contributed by atoms with van der Waals surface area (Å²) in [6.45, 7) is 17.4. The minimum Gasteiger partial charge on any atom is -0.391 e. The first kappa shape index (κ1) is 18.7. The number of nitrogens with zero attached hydrogens (tertiary/aromatic N) is 1. The second-order valence-corrected chi connectivity index (χ2v) is 7.87. The van der Waals surface area contributed by atoms with Crippen LogP contribution in [0.4, 0.5) is 0 Å². The lowest BCUT2D eigenvalue weighted by Crippen LogP contribution is -2.57. The lowest BCUT2D eigenvalue weighted by atomic mass is 9.76. The van der Waals surface area contributed by atoms with Crippen molar-refractivity contribution in [3.63, 3.8) is 0 Å². The highest BCUT2D eigenvalue weighted by molar-refractivity contribution is 4.95. The van der Waals surface area contributed by atoms with E-state index in [1.165, 1.54) is 0 Å². The Kier molecular flexibility index (Phi) is 6.77. The molecule has 2 nitrogen and oxygen atoms in total. The van der Waals surface area contributed by atoms with Gasteiger partial charge in [0.1, 0.15) is 0 Å². The average molecular weight is 269 g/mol. The molecule has 0 bridgehead atoms. The molecule has 0 aliphatic heterocycles. The fourth-order valence-electron chi connectivity index (χ4n) is 2.54. The third-order valence-electron chi connectivity index (χ3n) is 4.01. The molecule has 0 heterocycles. The summed E-state index contributed by atoms with van der Waals surface area (Å²) in [6.07, 6.45) is 4.82. The van der Waals surface area contributed by atoms with E-state index in [9.17, 15) is 5.11 Å². The zero-order chi connectivity index (χ0) is 15.4. The number of hydrogen-bond donors (Lipinski definition) is 1. The van der Waals surface area contributed by atoms with Gasteiger partial charge >= 0.3 is 0 Å². The first-order valence-electron chi connectivity index (χ1n) is 7.45. The molecular formula is C17H35NO. The van der Waals surface area contributed by atoms with Crippen LogP contribution < -0.4 is 0 Å². The highest BCUT2D eigenvalue weighted by Crippen LogP contribution is 2.33. The fourth-order valence-corrected chi connectivity index (χ4v) is 2.54. The van der Waals surface area contributed by atoms with Gasteiger partial charge in [-0.3, -0.25) is 4.90 Å². The van der Waals surface area contributed by atoms with Gasteiger partial charge in [0.05, 0.1) is 6.10 Å². The Morgan fingerprint density at radius 3 is 1.89 bits per heavy atom. The van der Waals surface area contributed by atoms with Gasteiger partial charge in [0.2, 0.25) is 0 Å². The van der Waals surface area contributed by atoms with E-state index in [1.54, 1.807) is 0 Å². The van der Waals surface area contributed by atoms with Crippen molar-refractivity contribution in [2.24, 2.45) is 11.3 Å². The lowest BCUT2D eigenvalue weighted by Gasteiger charge is -2.48. The molecule has 0 radical (unpaired) electrons. The van der Waals surface area contributed by atoms with Gasteiger partial charge in [0.25, 0.3) is 0 Å². The summed E-state index contributed by atoms with van der Waals surface area (Å²) in [5.41, 5.74) is 0.102. The third-order valence-corrected chi connectivity index (χ3v) is 4.01. The average Bonchev–Trinajstić information content (AvgIpc) is 2.22. The van der Waals surface area contributed by atoms with E-state index in [1.807, 2.05) is 6.92 Å². The highest BCUT2D eigenvalue weighted by atomic mass is 16.3. The minimum absolute atomic E-state index is 0.0473. The Morgan fingerprint density at radius 1 is 1.11 bits per heavy atom. The number of hydrogen-bond acceptors (Lipinski definition) is 2. The van der Waals surface area contributed by atoms with Gasteiger partial charge in [0.15, 0.2) is 0 Å². The molecule has 0 aromatic rings. The summed E-state index contributed by atoms with van der Waals surface area (Å²) in [6, 6.07) is 0.146. The Hall–Kier alpha value is -0.340. The molecule has 0 rings (SSSR count). The van der Waals surface area contributed by atoms with Crippen molar-refractivity contribution < 1.29 is 5.11 Å². The van der Waals surface area contributed by atoms with Crippen LogP contribution in [0.2, 0.25) is 0 Å². The maximum absolute atomic E-state index is 10.8. The maximum atomic E-state index is 10.8. The van der Waals surface area contributed by atoms with Gasteiger partial charge in [0, 0.05) is 11.6 Å². The van der Waals surface area contributed by atoms with Gasteiger partial charge in [-0.1, -0.05) is 39.8 Å². The van der Waals surface area contributed by atoms with Crippen LogP contribution in [0.3, 0.4) is 0 Å². The van der Waals surface area contributed by atoms with Gasteiger partial charge in [-0.2, -0.15) is 0 Å². The molecule has 0 aromatic heterocycles. The number of rotatable bonds is 5. The monoisotopic (exact) mass is 269 g/mol. The molecule has 114 valence electrons. The van der Waals surface area contributed by atoms with Crippen LogP contribution >= 0.6 is 0 Å². The van der Waals surface area contributed by atoms with Gasteiger partial charge < -0.3 is 5.11 Å². The van der Waals surface area contributed by atoms with Gasteiger partial charge in [-0.05, 0) is 52.5 Å². The molecule has 0 aliphatic rings. The zero-order valence-corrected chi connectivity index (χ0v) is 14.5. The molecule has 0 saturated carbocycles. The Morgan fingerprint density at radius 2 is 1.58 bits per heavy atom. The number of aliphatic hydroxyl groups is 1. The van der Waals surface area contributed by atoms with Crippen molar-refractivity contribution in [3.8, 4) is 0 Å². The molecule has 1 unspecified atom stereocenters. The van der Waals surface area contributed by atoms with Crippen molar-refractivity contribution >= 4 is 0 Å². The molecule has 19 heavy (non-hydrogen) atoms. The van der Waals surface area contributed by atoms with Crippen LogP contribution in [-0.4, -0.2) is 34.7 Å². The van der Waals surface area contributed by atoms with Crippen LogP contribution in [0.25, 0.3) is 0 Å². The number of allylic oxidation sites excluding steroid dienone is 2. The molecule has 3 atom stereocenters. The molecule has 0 aromatic carbocycles. The summed E-state index contributed by atoms with van der Waals surface area (Å²) in [5, 5.41) is 10.8. The molecule has 0 aliphatic carbocycles. The van der Waals surface area contributed by atoms with Crippen molar-refractivity contribution in [2.75, 3.05) is 7.05 Å². The Balaban J connectivity index is 5.17. The maximum Gasteiger partial charge on any atom is 0.0728 e. The largest absolute Gasteiger partial charge is 0.391 e. The van der Waals surface area contributed by atoms with Crippen LogP contribution in [0.5, 0.6) is 0 Å². The quantitative estimate of drug-likeness (QED) is 0.760. The SMILES string of the molecule is C/C=C/C[C@@H](C)[C@@H](O)C(N(C)C(C)(C)C)C(C)(C)C. The second-order valence-electron chi connectivity index (χ2n) is 7.87. The van der Waals surface area contributed by atoms with E-state index in [0.29, 0.717) is 0 Å². The Labute approximate surface area is 120 Å². The first-order valence-corrected chi connectivity index (χ1v) is 7.45. The predicted octanol–water partition coefficient (Wildman–Crippen LogP) is 4.09. The molecule has 0 amide bonds. The van der Waals surface area contributed by atoms with Crippen LogP contribution in [0.1, 0.15) is 61.8 Å². The fraction of sp³-hybridized carbons (Fsp3) is 0.882. The predicted molar refractivity (Wildman–Crippen MR) is 85.4 cm³/mol. The lowest BCUT2D eigenvalue weighted by molar-refractivity contribution is -0.0571. The Bertz CT molecular complexity index is 283. The second kappa shape index (κ2) is 6.90. The summed E-state index contributed by atoms with van der Waals surface area (Å²) >= 11 is 0. The van der Waals surface area contributed by atoms with E-state index in [-0.39, 0.29) is 29.0 Å². The van der Waals surface area contributed by atoms with E-state index >= 15 is 0 Å². The summed E-state index contributed by atoms with van der Waals surface area (Å²) in [4.78, 5) is 2.32. The molecule has 1 N–H and O–H groups in total. The topological polar surface area (TPSA) is 23.5 Å². The number of aliphatic hydroxyl groups excluding tert-OH is 1. The number of likely N-dealkylation sites (N-methyl/N-ethyl adjacent to an activating group) is 1. The summed E-state index contributed by atoms with van der Waals surface area (Å²) < 4.78 is 0. The normalized spacial score (nSPS) is 18.9. The molecular weight excluding hydrogens is 234 g/mol. The van der Waals surface area contributed by atoms with Gasteiger partial charge in [-0.15, -0.1) is 0 Å². The first-order chi connectivity index (χ1) is 8.42. The van der Waals surface area contributed by atoms with Gasteiger partial charge in [-0.25, -0.2) is 0 Å². The highest BCUT2D eigenvalue weighted by Gasteiger charge is 2.40. The van der Waals surface area contributed by atoms with E-state index in [4.69, 9.17) is 0 Å². The molecule has 0 spiro atoms. The van der Waals surface area contributed by atoms with E-state index in [2.05, 4.69) is 72.6 Å². The van der Waals surface area contributed by atoms with Crippen LogP contribution in [0.15, 0.2) is 12.2 Å². The smallest absolute Gasteiger partial charge is 0.0728 e.